The minimum absolute atomic E-state index is 0.0263. The lowest BCUT2D eigenvalue weighted by Crippen LogP contribution is -2.37. The van der Waals surface area contributed by atoms with Gasteiger partial charge in [0.15, 0.2) is 0 Å². The smallest absolute Gasteiger partial charge is 0.306 e. The molecule has 1 aromatic rings. The molecule has 1 fully saturated rings. The normalized spacial score (nSPS) is 21.6. The van der Waals surface area contributed by atoms with Crippen LogP contribution >= 0.6 is 0 Å². The van der Waals surface area contributed by atoms with E-state index in [2.05, 4.69) is 5.32 Å². The number of amides is 1. The van der Waals surface area contributed by atoms with Crippen LogP contribution in [0.4, 0.5) is 0 Å². The Morgan fingerprint density at radius 2 is 1.90 bits per heavy atom. The number of hydrogen-bond acceptors (Lipinski definition) is 3. The van der Waals surface area contributed by atoms with E-state index >= 15 is 0 Å². The Bertz CT molecular complexity index is 498. The Kier molecular flexibility index (Phi) is 5.20. The van der Waals surface area contributed by atoms with Crippen LogP contribution in [0, 0.1) is 11.8 Å². The van der Waals surface area contributed by atoms with Crippen LogP contribution in [-0.2, 0) is 4.79 Å². The largest absolute Gasteiger partial charge is 0.497 e. The third kappa shape index (κ3) is 3.97. The Morgan fingerprint density at radius 1 is 1.24 bits per heavy atom. The van der Waals surface area contributed by atoms with Crippen LogP contribution in [-0.4, -0.2) is 30.6 Å². The second-order valence-corrected chi connectivity index (χ2v) is 5.43. The van der Waals surface area contributed by atoms with Crippen molar-refractivity contribution in [3.63, 3.8) is 0 Å². The highest BCUT2D eigenvalue weighted by molar-refractivity contribution is 5.94. The van der Waals surface area contributed by atoms with Gasteiger partial charge in [0.05, 0.1) is 13.0 Å². The van der Waals surface area contributed by atoms with Gasteiger partial charge in [-0.1, -0.05) is 12.8 Å². The van der Waals surface area contributed by atoms with Crippen LogP contribution in [0.5, 0.6) is 5.75 Å². The summed E-state index contributed by atoms with van der Waals surface area (Å²) in [4.78, 5) is 23.3. The molecular weight excluding hydrogens is 270 g/mol. The zero-order valence-corrected chi connectivity index (χ0v) is 12.2. The number of carbonyl (C=O) groups excluding carboxylic acids is 1. The van der Waals surface area contributed by atoms with Crippen molar-refractivity contribution in [3.8, 4) is 5.75 Å². The van der Waals surface area contributed by atoms with E-state index in [0.29, 0.717) is 24.3 Å². The summed E-state index contributed by atoms with van der Waals surface area (Å²) in [6, 6.07) is 6.86. The Morgan fingerprint density at radius 3 is 2.52 bits per heavy atom. The fourth-order valence-corrected chi connectivity index (χ4v) is 2.85. The Hall–Kier alpha value is -2.04. The predicted octanol–water partition coefficient (Wildman–Crippen LogP) is 2.32. The number of carbonyl (C=O) groups is 2. The first-order valence-corrected chi connectivity index (χ1v) is 7.27. The van der Waals surface area contributed by atoms with E-state index in [9.17, 15) is 14.7 Å². The molecule has 1 saturated carbocycles. The van der Waals surface area contributed by atoms with Gasteiger partial charge < -0.3 is 15.2 Å². The first kappa shape index (κ1) is 15.4. The maximum Gasteiger partial charge on any atom is 0.306 e. The number of hydrogen-bond donors (Lipinski definition) is 2. The van der Waals surface area contributed by atoms with E-state index in [1.807, 2.05) is 0 Å². The van der Waals surface area contributed by atoms with Crippen LogP contribution in [0.2, 0.25) is 0 Å². The Labute approximate surface area is 124 Å². The van der Waals surface area contributed by atoms with Crippen molar-refractivity contribution in [1.29, 1.82) is 0 Å². The summed E-state index contributed by atoms with van der Waals surface area (Å²) in [6.07, 6.45) is 3.56. The molecule has 0 spiro atoms. The van der Waals surface area contributed by atoms with Crippen molar-refractivity contribution in [2.45, 2.75) is 25.7 Å². The second kappa shape index (κ2) is 7.11. The summed E-state index contributed by atoms with van der Waals surface area (Å²) >= 11 is 0. The standard InChI is InChI=1S/C16H21NO4/c1-21-13-8-6-11(7-9-13)15(18)17-10-12-4-2-3-5-14(12)16(19)20/h6-9,12,14H,2-5,10H2,1H3,(H,17,18)(H,19,20)/t12-,14-/m0/s1. The van der Waals surface area contributed by atoms with Gasteiger partial charge in [-0.15, -0.1) is 0 Å². The van der Waals surface area contributed by atoms with Crippen LogP contribution in [0.25, 0.3) is 0 Å². The molecule has 5 heteroatoms. The molecule has 0 saturated heterocycles. The third-order valence-corrected chi connectivity index (χ3v) is 4.10. The van der Waals surface area contributed by atoms with Gasteiger partial charge in [-0.2, -0.15) is 0 Å². The van der Waals surface area contributed by atoms with Crippen molar-refractivity contribution in [2.75, 3.05) is 13.7 Å². The summed E-state index contributed by atoms with van der Waals surface area (Å²) in [7, 11) is 1.57. The molecule has 1 aromatic carbocycles. The molecule has 2 atom stereocenters. The molecule has 114 valence electrons. The van der Waals surface area contributed by atoms with E-state index < -0.39 is 5.97 Å². The van der Waals surface area contributed by atoms with Crippen LogP contribution < -0.4 is 10.1 Å². The number of benzene rings is 1. The topological polar surface area (TPSA) is 75.6 Å². The minimum atomic E-state index is -0.751. The van der Waals surface area contributed by atoms with Gasteiger partial charge in [-0.3, -0.25) is 9.59 Å². The van der Waals surface area contributed by atoms with Crippen LogP contribution in [0.1, 0.15) is 36.0 Å². The van der Waals surface area contributed by atoms with E-state index in [4.69, 9.17) is 4.74 Å². The highest BCUT2D eigenvalue weighted by Gasteiger charge is 2.30. The molecule has 1 aliphatic carbocycles. The highest BCUT2D eigenvalue weighted by Crippen LogP contribution is 2.29. The van der Waals surface area contributed by atoms with Crippen molar-refractivity contribution >= 4 is 11.9 Å². The third-order valence-electron chi connectivity index (χ3n) is 4.10. The Balaban J connectivity index is 1.91. The van der Waals surface area contributed by atoms with Gasteiger partial charge in [0.1, 0.15) is 5.75 Å². The first-order chi connectivity index (χ1) is 10.1. The van der Waals surface area contributed by atoms with Gasteiger partial charge in [0.25, 0.3) is 5.91 Å². The van der Waals surface area contributed by atoms with Gasteiger partial charge in [-0.25, -0.2) is 0 Å². The summed E-state index contributed by atoms with van der Waals surface area (Å²) in [5.74, 6) is -0.538. The minimum Gasteiger partial charge on any atom is -0.497 e. The number of ether oxygens (including phenoxy) is 1. The van der Waals surface area contributed by atoms with E-state index in [1.165, 1.54) is 0 Å². The quantitative estimate of drug-likeness (QED) is 0.873. The molecule has 0 aromatic heterocycles. The number of nitrogens with one attached hydrogen (secondary N) is 1. The van der Waals surface area contributed by atoms with Crippen molar-refractivity contribution in [1.82, 2.24) is 5.32 Å². The zero-order valence-electron chi connectivity index (χ0n) is 12.2. The lowest BCUT2D eigenvalue weighted by molar-refractivity contribution is -0.144. The number of methoxy groups -OCH3 is 1. The van der Waals surface area contributed by atoms with E-state index in [1.54, 1.807) is 31.4 Å². The second-order valence-electron chi connectivity index (χ2n) is 5.43. The van der Waals surface area contributed by atoms with Gasteiger partial charge in [-0.05, 0) is 43.0 Å². The molecule has 1 amide bonds. The maximum absolute atomic E-state index is 12.1. The summed E-state index contributed by atoms with van der Waals surface area (Å²) < 4.78 is 5.05. The predicted molar refractivity (Wildman–Crippen MR) is 78.4 cm³/mol. The fourth-order valence-electron chi connectivity index (χ4n) is 2.85. The molecule has 0 bridgehead atoms. The molecule has 0 aliphatic heterocycles. The monoisotopic (exact) mass is 291 g/mol. The van der Waals surface area contributed by atoms with Crippen LogP contribution in [0.15, 0.2) is 24.3 Å². The maximum atomic E-state index is 12.1. The van der Waals surface area contributed by atoms with Crippen molar-refractivity contribution in [3.05, 3.63) is 29.8 Å². The van der Waals surface area contributed by atoms with E-state index in [0.717, 1.165) is 19.3 Å². The molecule has 0 unspecified atom stereocenters. The lowest BCUT2D eigenvalue weighted by Gasteiger charge is -2.28. The molecule has 0 radical (unpaired) electrons. The highest BCUT2D eigenvalue weighted by atomic mass is 16.5. The molecule has 2 N–H and O–H groups in total. The molecule has 21 heavy (non-hydrogen) atoms. The average Bonchev–Trinajstić information content (AvgIpc) is 2.52. The lowest BCUT2D eigenvalue weighted by atomic mass is 9.79. The van der Waals surface area contributed by atoms with E-state index in [-0.39, 0.29) is 17.7 Å². The molecule has 5 nitrogen and oxygen atoms in total. The summed E-state index contributed by atoms with van der Waals surface area (Å²) in [6.45, 7) is 0.418. The summed E-state index contributed by atoms with van der Waals surface area (Å²) in [5, 5.41) is 12.1. The van der Waals surface area contributed by atoms with Gasteiger partial charge >= 0.3 is 5.97 Å². The summed E-state index contributed by atoms with van der Waals surface area (Å²) in [5.41, 5.74) is 0.554. The number of carboxylic acid groups (broad SMARTS) is 1. The molecule has 1 aliphatic rings. The number of carboxylic acids is 1. The van der Waals surface area contributed by atoms with Gasteiger partial charge in [0.2, 0.25) is 0 Å². The molecular formula is C16H21NO4. The zero-order chi connectivity index (χ0) is 15.2. The average molecular weight is 291 g/mol. The molecule has 0 heterocycles. The van der Waals surface area contributed by atoms with Crippen LogP contribution in [0.3, 0.4) is 0 Å². The fraction of sp³-hybridized carbons (Fsp3) is 0.500. The SMILES string of the molecule is COc1ccc(C(=O)NC[C@@H]2CCCC[C@@H]2C(=O)O)cc1. The van der Waals surface area contributed by atoms with Crippen molar-refractivity contribution < 1.29 is 19.4 Å². The van der Waals surface area contributed by atoms with Crippen molar-refractivity contribution in [2.24, 2.45) is 11.8 Å². The number of rotatable bonds is 5. The number of aliphatic carboxylic acids is 1. The van der Waals surface area contributed by atoms with Gasteiger partial charge in [0, 0.05) is 12.1 Å². The molecule has 2 rings (SSSR count). The first-order valence-electron chi connectivity index (χ1n) is 7.27.